The van der Waals surface area contributed by atoms with E-state index >= 15 is 0 Å². The fraction of sp³-hybridized carbons (Fsp3) is 0.385. The molecule has 1 aliphatic heterocycles. The summed E-state index contributed by atoms with van der Waals surface area (Å²) in [5.41, 5.74) is 7.55. The third-order valence-electron chi connectivity index (χ3n) is 3.30. The van der Waals surface area contributed by atoms with E-state index in [4.69, 9.17) is 10.5 Å². The van der Waals surface area contributed by atoms with Crippen LogP contribution in [-0.2, 0) is 4.74 Å². The van der Waals surface area contributed by atoms with E-state index < -0.39 is 0 Å². The van der Waals surface area contributed by atoms with Crippen LogP contribution in [0, 0.1) is 6.92 Å². The number of nitrogens with zero attached hydrogens (tertiary/aromatic N) is 3. The molecule has 0 aliphatic carbocycles. The molecule has 100 valence electrons. The summed E-state index contributed by atoms with van der Waals surface area (Å²) in [4.78, 5) is 18.8. The molecule has 2 N–H and O–H groups in total. The van der Waals surface area contributed by atoms with E-state index in [0.717, 1.165) is 5.56 Å². The van der Waals surface area contributed by atoms with Crippen LogP contribution in [0.4, 0.5) is 11.5 Å². The van der Waals surface area contributed by atoms with Crippen LogP contribution >= 0.6 is 0 Å². The number of hydrogen-bond acceptors (Lipinski definition) is 5. The SMILES string of the molecule is Cc1ccc2nc(N3CCOCC3)c(N)c(=O)n2c1. The van der Waals surface area contributed by atoms with Crippen molar-refractivity contribution in [3.8, 4) is 0 Å². The van der Waals surface area contributed by atoms with Crippen LogP contribution in [0.15, 0.2) is 23.1 Å². The Bertz CT molecular complexity index is 674. The lowest BCUT2D eigenvalue weighted by molar-refractivity contribution is 0.122. The Morgan fingerprint density at radius 3 is 2.79 bits per heavy atom. The van der Waals surface area contributed by atoms with Crippen molar-refractivity contribution in [2.75, 3.05) is 36.9 Å². The van der Waals surface area contributed by atoms with Gasteiger partial charge in [0.1, 0.15) is 11.3 Å². The molecule has 0 atom stereocenters. The quantitative estimate of drug-likeness (QED) is 0.804. The van der Waals surface area contributed by atoms with Gasteiger partial charge < -0.3 is 15.4 Å². The number of pyridine rings is 1. The van der Waals surface area contributed by atoms with E-state index in [2.05, 4.69) is 4.98 Å². The Labute approximate surface area is 110 Å². The largest absolute Gasteiger partial charge is 0.391 e. The molecule has 1 fully saturated rings. The van der Waals surface area contributed by atoms with Gasteiger partial charge in [0, 0.05) is 19.3 Å². The van der Waals surface area contributed by atoms with Crippen LogP contribution in [0.2, 0.25) is 0 Å². The number of rotatable bonds is 1. The fourth-order valence-electron chi connectivity index (χ4n) is 2.26. The van der Waals surface area contributed by atoms with Crippen molar-refractivity contribution in [3.05, 3.63) is 34.2 Å². The summed E-state index contributed by atoms with van der Waals surface area (Å²) in [5, 5.41) is 0. The summed E-state index contributed by atoms with van der Waals surface area (Å²) in [7, 11) is 0. The smallest absolute Gasteiger partial charge is 0.283 e. The molecular weight excluding hydrogens is 244 g/mol. The minimum atomic E-state index is -0.213. The summed E-state index contributed by atoms with van der Waals surface area (Å²) in [6.45, 7) is 4.61. The van der Waals surface area contributed by atoms with Gasteiger partial charge in [-0.15, -0.1) is 0 Å². The average molecular weight is 260 g/mol. The van der Waals surface area contributed by atoms with E-state index in [0.29, 0.717) is 37.8 Å². The highest BCUT2D eigenvalue weighted by atomic mass is 16.5. The highest BCUT2D eigenvalue weighted by Crippen LogP contribution is 2.19. The second-order valence-corrected chi connectivity index (χ2v) is 4.69. The van der Waals surface area contributed by atoms with E-state index in [1.54, 1.807) is 6.20 Å². The van der Waals surface area contributed by atoms with Crippen molar-refractivity contribution < 1.29 is 4.74 Å². The van der Waals surface area contributed by atoms with Crippen LogP contribution in [-0.4, -0.2) is 35.7 Å². The van der Waals surface area contributed by atoms with Crippen LogP contribution in [0.25, 0.3) is 5.65 Å². The minimum Gasteiger partial charge on any atom is -0.391 e. The van der Waals surface area contributed by atoms with Gasteiger partial charge in [-0.05, 0) is 18.6 Å². The molecule has 0 unspecified atom stereocenters. The lowest BCUT2D eigenvalue weighted by Gasteiger charge is -2.28. The zero-order valence-corrected chi connectivity index (χ0v) is 10.8. The lowest BCUT2D eigenvalue weighted by Crippen LogP contribution is -2.38. The Hall–Kier alpha value is -2.08. The molecule has 1 aliphatic rings. The first-order chi connectivity index (χ1) is 9.16. The van der Waals surface area contributed by atoms with Crippen LogP contribution in [0.5, 0.6) is 0 Å². The van der Waals surface area contributed by atoms with Gasteiger partial charge >= 0.3 is 0 Å². The third-order valence-corrected chi connectivity index (χ3v) is 3.30. The van der Waals surface area contributed by atoms with Crippen molar-refractivity contribution in [3.63, 3.8) is 0 Å². The third kappa shape index (κ3) is 2.04. The van der Waals surface area contributed by atoms with E-state index in [9.17, 15) is 4.79 Å². The normalized spacial score (nSPS) is 15.9. The van der Waals surface area contributed by atoms with Crippen molar-refractivity contribution in [1.29, 1.82) is 0 Å². The Morgan fingerprint density at radius 1 is 1.32 bits per heavy atom. The van der Waals surface area contributed by atoms with Gasteiger partial charge in [-0.2, -0.15) is 0 Å². The zero-order chi connectivity index (χ0) is 13.4. The summed E-state index contributed by atoms with van der Waals surface area (Å²) >= 11 is 0. The molecule has 0 radical (unpaired) electrons. The van der Waals surface area contributed by atoms with Crippen molar-refractivity contribution in [2.24, 2.45) is 0 Å². The number of nitrogen functional groups attached to an aromatic ring is 1. The number of aryl methyl sites for hydroxylation is 1. The molecule has 6 heteroatoms. The topological polar surface area (TPSA) is 72.9 Å². The van der Waals surface area contributed by atoms with Gasteiger partial charge in [0.2, 0.25) is 0 Å². The fourth-order valence-corrected chi connectivity index (χ4v) is 2.26. The zero-order valence-electron chi connectivity index (χ0n) is 10.8. The molecule has 0 amide bonds. The number of aromatic nitrogens is 2. The van der Waals surface area contributed by atoms with E-state index in [-0.39, 0.29) is 11.2 Å². The molecule has 3 heterocycles. The van der Waals surface area contributed by atoms with Crippen molar-refractivity contribution in [1.82, 2.24) is 9.38 Å². The highest BCUT2D eigenvalue weighted by Gasteiger charge is 2.18. The molecule has 1 saturated heterocycles. The van der Waals surface area contributed by atoms with E-state index in [1.807, 2.05) is 24.0 Å². The van der Waals surface area contributed by atoms with Crippen molar-refractivity contribution >= 4 is 17.2 Å². The Kier molecular flexibility index (Phi) is 2.87. The van der Waals surface area contributed by atoms with Crippen molar-refractivity contribution in [2.45, 2.75) is 6.92 Å². The average Bonchev–Trinajstić information content (AvgIpc) is 2.44. The molecule has 2 aromatic heterocycles. The molecule has 0 aromatic carbocycles. The first kappa shape index (κ1) is 12.0. The van der Waals surface area contributed by atoms with Gasteiger partial charge in [0.05, 0.1) is 13.2 Å². The molecule has 0 saturated carbocycles. The maximum Gasteiger partial charge on any atom is 0.283 e. The molecule has 0 spiro atoms. The second-order valence-electron chi connectivity index (χ2n) is 4.69. The first-order valence-electron chi connectivity index (χ1n) is 6.28. The lowest BCUT2D eigenvalue weighted by atomic mass is 10.3. The van der Waals surface area contributed by atoms with Gasteiger partial charge in [-0.25, -0.2) is 4.98 Å². The van der Waals surface area contributed by atoms with Gasteiger partial charge in [0.15, 0.2) is 5.82 Å². The van der Waals surface area contributed by atoms with Gasteiger partial charge in [-0.1, -0.05) is 6.07 Å². The number of morpholine rings is 1. The Balaban J connectivity index is 2.18. The highest BCUT2D eigenvalue weighted by molar-refractivity contribution is 5.65. The molecule has 6 nitrogen and oxygen atoms in total. The number of fused-ring (bicyclic) bond motifs is 1. The molecule has 19 heavy (non-hydrogen) atoms. The molecule has 2 aromatic rings. The van der Waals surface area contributed by atoms with E-state index in [1.165, 1.54) is 4.40 Å². The summed E-state index contributed by atoms with van der Waals surface area (Å²) in [5.74, 6) is 0.567. The maximum absolute atomic E-state index is 12.3. The maximum atomic E-state index is 12.3. The Morgan fingerprint density at radius 2 is 2.05 bits per heavy atom. The van der Waals surface area contributed by atoms with Crippen LogP contribution in [0.1, 0.15) is 5.56 Å². The molecule has 3 rings (SSSR count). The second kappa shape index (κ2) is 4.55. The number of nitrogens with two attached hydrogens (primary N) is 1. The monoisotopic (exact) mass is 260 g/mol. The molecule has 0 bridgehead atoms. The molecular formula is C13H16N4O2. The number of hydrogen-bond donors (Lipinski definition) is 1. The van der Waals surface area contributed by atoms with Crippen LogP contribution in [0.3, 0.4) is 0 Å². The predicted molar refractivity (Wildman–Crippen MR) is 73.6 cm³/mol. The van der Waals surface area contributed by atoms with Crippen LogP contribution < -0.4 is 16.2 Å². The number of ether oxygens (including phenoxy) is 1. The summed E-state index contributed by atoms with van der Waals surface area (Å²) in [6.07, 6.45) is 1.75. The number of anilines is 2. The standard InChI is InChI=1S/C13H16N4O2/c1-9-2-3-10-15-12(16-4-6-19-7-5-16)11(14)13(18)17(10)8-9/h2-3,8H,4-7,14H2,1H3. The first-order valence-corrected chi connectivity index (χ1v) is 6.28. The predicted octanol–water partition coefficient (Wildman–Crippen LogP) is 0.422. The summed E-state index contributed by atoms with van der Waals surface area (Å²) < 4.78 is 6.80. The van der Waals surface area contributed by atoms with Gasteiger partial charge in [-0.3, -0.25) is 9.20 Å². The minimum absolute atomic E-state index is 0.199. The van der Waals surface area contributed by atoms with Gasteiger partial charge in [0.25, 0.3) is 5.56 Å². The summed E-state index contributed by atoms with van der Waals surface area (Å²) in [6, 6.07) is 3.77.